The van der Waals surface area contributed by atoms with E-state index in [1.807, 2.05) is 0 Å². The van der Waals surface area contributed by atoms with Gasteiger partial charge in [0.05, 0.1) is 0 Å². The van der Waals surface area contributed by atoms with Crippen molar-refractivity contribution in [2.45, 2.75) is 101 Å². The van der Waals surface area contributed by atoms with Crippen LogP contribution in [0.15, 0.2) is 0 Å². The molecule has 0 unspecified atom stereocenters. The number of hydrogen-bond acceptors (Lipinski definition) is 6. The average Bonchev–Trinajstić information content (AvgIpc) is 3.80. The molecule has 6 amide bonds. The minimum Gasteiger partial charge on any atom is -0.347 e. The van der Waals surface area contributed by atoms with E-state index < -0.39 is 30.2 Å². The summed E-state index contributed by atoms with van der Waals surface area (Å²) in [7, 11) is 3.37. The Morgan fingerprint density at radius 2 is 0.732 bits per heavy atom. The summed E-state index contributed by atoms with van der Waals surface area (Å²) in [5.41, 5.74) is 0. The van der Waals surface area contributed by atoms with E-state index >= 15 is 0 Å². The monoisotopic (exact) mass is 572 g/mol. The van der Waals surface area contributed by atoms with Crippen LogP contribution in [-0.4, -0.2) is 142 Å². The minimum absolute atomic E-state index is 0.0982. The highest BCUT2D eigenvalue weighted by atomic mass is 16.2. The fraction of sp³-hybridized carbons (Fsp3) is 0.793. The number of hydrogen-bond donors (Lipinski definition) is 0. The van der Waals surface area contributed by atoms with Crippen LogP contribution in [0.4, 0.5) is 0 Å². The summed E-state index contributed by atoms with van der Waals surface area (Å²) >= 11 is 0. The first-order chi connectivity index (χ1) is 19.6. The molecule has 5 fully saturated rings. The van der Waals surface area contributed by atoms with Crippen molar-refractivity contribution in [1.82, 2.24) is 29.4 Å². The van der Waals surface area contributed by atoms with Gasteiger partial charge in [0.2, 0.25) is 35.4 Å². The molecule has 5 saturated heterocycles. The molecule has 12 heteroatoms. The Morgan fingerprint density at radius 1 is 0.463 bits per heavy atom. The van der Waals surface area contributed by atoms with E-state index in [2.05, 4.69) is 0 Å². The topological polar surface area (TPSA) is 122 Å². The van der Waals surface area contributed by atoms with E-state index in [0.717, 1.165) is 12.8 Å². The minimum atomic E-state index is -0.661. The Hall–Kier alpha value is -3.18. The summed E-state index contributed by atoms with van der Waals surface area (Å²) in [5, 5.41) is 0. The van der Waals surface area contributed by atoms with Crippen LogP contribution in [-0.2, 0) is 28.8 Å². The second kappa shape index (κ2) is 12.0. The van der Waals surface area contributed by atoms with Crippen LogP contribution in [0.2, 0.25) is 0 Å². The summed E-state index contributed by atoms with van der Waals surface area (Å²) < 4.78 is 0. The predicted molar refractivity (Wildman–Crippen MR) is 148 cm³/mol. The number of rotatable bonds is 5. The number of likely N-dealkylation sites (tertiary alicyclic amines) is 5. The maximum atomic E-state index is 13.9. The van der Waals surface area contributed by atoms with Gasteiger partial charge >= 0.3 is 0 Å². The normalized spacial score (nSPS) is 29.9. The van der Waals surface area contributed by atoms with Crippen LogP contribution in [0.3, 0.4) is 0 Å². The lowest BCUT2D eigenvalue weighted by Crippen LogP contribution is -2.58. The highest BCUT2D eigenvalue weighted by molar-refractivity contribution is 5.97. The molecule has 5 heterocycles. The Bertz CT molecular complexity index is 1100. The van der Waals surface area contributed by atoms with Gasteiger partial charge in [0.1, 0.15) is 30.2 Å². The van der Waals surface area contributed by atoms with Crippen molar-refractivity contribution >= 4 is 35.4 Å². The molecule has 5 aliphatic heterocycles. The molecule has 5 rings (SSSR count). The molecule has 12 nitrogen and oxygen atoms in total. The van der Waals surface area contributed by atoms with Gasteiger partial charge in [-0.3, -0.25) is 28.8 Å². The highest BCUT2D eigenvalue weighted by Crippen LogP contribution is 2.31. The molecule has 0 aromatic rings. The fourth-order valence-corrected chi connectivity index (χ4v) is 7.61. The lowest BCUT2D eigenvalue weighted by Gasteiger charge is -2.36. The first kappa shape index (κ1) is 29.3. The molecule has 0 aromatic carbocycles. The SMILES string of the molecule is CC(=O)N1CCC[C@H]1C(=O)N1CCC[C@H]1C(=O)N1CCC[C@H]1C(=O)N1CCC[C@H]1C(=O)N1CCC[C@H]1C(=O)N(C)C. The van der Waals surface area contributed by atoms with Crippen molar-refractivity contribution in [3.8, 4) is 0 Å². The zero-order valence-corrected chi connectivity index (χ0v) is 24.6. The van der Waals surface area contributed by atoms with Gasteiger partial charge in [-0.1, -0.05) is 0 Å². The largest absolute Gasteiger partial charge is 0.347 e. The number of carbonyl (C=O) groups excluding carboxylic acids is 6. The lowest BCUT2D eigenvalue weighted by atomic mass is 10.1. The zero-order chi connectivity index (χ0) is 29.4. The number of nitrogens with zero attached hydrogens (tertiary/aromatic N) is 6. The van der Waals surface area contributed by atoms with Gasteiger partial charge in [0.15, 0.2) is 0 Å². The van der Waals surface area contributed by atoms with Crippen LogP contribution in [0.5, 0.6) is 0 Å². The molecule has 0 aromatic heterocycles. The Morgan fingerprint density at radius 3 is 1.05 bits per heavy atom. The third kappa shape index (κ3) is 5.41. The van der Waals surface area contributed by atoms with Crippen LogP contribution >= 0.6 is 0 Å². The second-order valence-corrected chi connectivity index (χ2v) is 12.4. The van der Waals surface area contributed by atoms with Gasteiger partial charge in [0, 0.05) is 53.7 Å². The van der Waals surface area contributed by atoms with Crippen LogP contribution < -0.4 is 0 Å². The Labute approximate surface area is 241 Å². The van der Waals surface area contributed by atoms with E-state index in [1.165, 1.54) is 11.8 Å². The van der Waals surface area contributed by atoms with Gasteiger partial charge in [-0.05, 0) is 64.2 Å². The summed E-state index contributed by atoms with van der Waals surface area (Å²) in [5.74, 6) is -1.00. The number of amides is 6. The molecular formula is C29H44N6O6. The smallest absolute Gasteiger partial charge is 0.246 e. The third-order valence-electron chi connectivity index (χ3n) is 9.67. The Balaban J connectivity index is 1.28. The first-order valence-electron chi connectivity index (χ1n) is 15.3. The van der Waals surface area contributed by atoms with E-state index in [9.17, 15) is 28.8 Å². The van der Waals surface area contributed by atoms with Crippen molar-refractivity contribution in [3.63, 3.8) is 0 Å². The van der Waals surface area contributed by atoms with E-state index in [4.69, 9.17) is 0 Å². The van der Waals surface area contributed by atoms with E-state index in [-0.39, 0.29) is 35.4 Å². The second-order valence-electron chi connectivity index (χ2n) is 12.4. The summed E-state index contributed by atoms with van der Waals surface area (Å²) in [6, 6.07) is -2.94. The van der Waals surface area contributed by atoms with Crippen molar-refractivity contribution in [3.05, 3.63) is 0 Å². The van der Waals surface area contributed by atoms with Crippen molar-refractivity contribution in [2.75, 3.05) is 46.8 Å². The summed E-state index contributed by atoms with van der Waals surface area (Å²) in [6.45, 7) is 3.88. The highest BCUT2D eigenvalue weighted by Gasteiger charge is 2.48. The molecule has 0 saturated carbocycles. The Kier molecular flexibility index (Phi) is 8.56. The van der Waals surface area contributed by atoms with Crippen LogP contribution in [0.25, 0.3) is 0 Å². The molecule has 5 aliphatic rings. The van der Waals surface area contributed by atoms with Crippen LogP contribution in [0.1, 0.15) is 71.1 Å². The maximum Gasteiger partial charge on any atom is 0.246 e. The van der Waals surface area contributed by atoms with Crippen LogP contribution in [0, 0.1) is 0 Å². The van der Waals surface area contributed by atoms with Gasteiger partial charge in [-0.2, -0.15) is 0 Å². The van der Waals surface area contributed by atoms with E-state index in [0.29, 0.717) is 84.1 Å². The molecule has 0 aliphatic carbocycles. The summed E-state index contributed by atoms with van der Waals surface area (Å²) in [4.78, 5) is 89.4. The molecule has 0 N–H and O–H groups in total. The molecule has 0 bridgehead atoms. The molecular weight excluding hydrogens is 528 g/mol. The van der Waals surface area contributed by atoms with Gasteiger partial charge in [-0.25, -0.2) is 0 Å². The standard InChI is InChI=1S/C29H44N6O6/c1-19(36)31-14-4-10-21(31)26(38)33-16-6-12-23(33)28(40)35-18-8-13-24(35)29(41)34-17-7-11-22(34)27(39)32-15-5-9-20(32)25(37)30(2)3/h20-24H,4-18H2,1-3H3/t20-,21-,22-,23-,24-/m0/s1. The van der Waals surface area contributed by atoms with Crippen molar-refractivity contribution in [2.24, 2.45) is 0 Å². The molecule has 0 spiro atoms. The van der Waals surface area contributed by atoms with E-state index in [1.54, 1.807) is 38.6 Å². The third-order valence-corrected chi connectivity index (χ3v) is 9.67. The fourth-order valence-electron chi connectivity index (χ4n) is 7.61. The van der Waals surface area contributed by atoms with Gasteiger partial charge in [-0.15, -0.1) is 0 Å². The maximum absolute atomic E-state index is 13.9. The van der Waals surface area contributed by atoms with Gasteiger partial charge in [0.25, 0.3) is 0 Å². The number of carbonyl (C=O) groups is 6. The first-order valence-corrected chi connectivity index (χ1v) is 15.3. The molecule has 226 valence electrons. The predicted octanol–water partition coefficient (Wildman–Crippen LogP) is 0.0495. The summed E-state index contributed by atoms with van der Waals surface area (Å²) in [6.07, 6.45) is 6.43. The quantitative estimate of drug-likeness (QED) is 0.459. The molecule has 5 atom stereocenters. The lowest BCUT2D eigenvalue weighted by molar-refractivity contribution is -0.154. The average molecular weight is 573 g/mol. The molecule has 0 radical (unpaired) electrons. The number of likely N-dealkylation sites (N-methyl/N-ethyl adjacent to an activating group) is 1. The zero-order valence-electron chi connectivity index (χ0n) is 24.6. The van der Waals surface area contributed by atoms with Crippen molar-refractivity contribution in [1.29, 1.82) is 0 Å². The molecule has 41 heavy (non-hydrogen) atoms. The van der Waals surface area contributed by atoms with Crippen molar-refractivity contribution < 1.29 is 28.8 Å². The van der Waals surface area contributed by atoms with Gasteiger partial charge < -0.3 is 29.4 Å².